The van der Waals surface area contributed by atoms with Gasteiger partial charge in [-0.1, -0.05) is 246 Å². The average molecular weight is 1170 g/mol. The van der Waals surface area contributed by atoms with Crippen LogP contribution < -0.4 is 0 Å². The highest BCUT2D eigenvalue weighted by molar-refractivity contribution is 7.47. The average Bonchev–Trinajstić information content (AvgIpc) is 3.47. The summed E-state index contributed by atoms with van der Waals surface area (Å²) >= 11 is 0. The number of hydrogen-bond acceptors (Lipinski definition) is 10. The van der Waals surface area contributed by atoms with E-state index < -0.39 is 57.8 Å². The van der Waals surface area contributed by atoms with Gasteiger partial charge in [0.25, 0.3) is 0 Å². The Morgan fingerprint density at radius 3 is 1.01 bits per heavy atom. The van der Waals surface area contributed by atoms with Gasteiger partial charge in [0.1, 0.15) is 12.7 Å². The minimum absolute atomic E-state index is 0.143. The number of rotatable bonds is 60. The maximum atomic E-state index is 13.0. The molecule has 0 aliphatic carbocycles. The molecule has 0 amide bonds. The van der Waals surface area contributed by atoms with E-state index >= 15 is 0 Å². The van der Waals surface area contributed by atoms with Gasteiger partial charge in [0, 0.05) is 19.3 Å². The Labute approximate surface area is 501 Å². The molecule has 0 aromatic heterocycles. The topological polar surface area (TPSA) is 155 Å². The molecular weight excluding hydrogens is 1050 g/mol. The van der Waals surface area contributed by atoms with Gasteiger partial charge in [0.15, 0.2) is 6.10 Å². The lowest BCUT2D eigenvalue weighted by Crippen LogP contribution is -2.30. The molecule has 0 spiro atoms. The second-order valence-electron chi connectivity index (χ2n) is 21.5. The van der Waals surface area contributed by atoms with Crippen molar-refractivity contribution in [3.8, 4) is 0 Å². The second-order valence-corrected chi connectivity index (χ2v) is 23.0. The zero-order valence-corrected chi connectivity index (χ0v) is 53.1. The number of allylic oxidation sites excluding steroid dienone is 18. The van der Waals surface area contributed by atoms with E-state index in [4.69, 9.17) is 23.3 Å². The van der Waals surface area contributed by atoms with Gasteiger partial charge in [-0.2, -0.15) is 0 Å². The van der Waals surface area contributed by atoms with Gasteiger partial charge in [-0.15, -0.1) is 0 Å². The third-order valence-electron chi connectivity index (χ3n) is 13.6. The number of unbranched alkanes of at least 4 members (excludes halogenated alkanes) is 25. The van der Waals surface area contributed by atoms with Crippen LogP contribution in [0.4, 0.5) is 0 Å². The predicted molar refractivity (Wildman–Crippen MR) is 343 cm³/mol. The minimum atomic E-state index is -4.78. The molecule has 0 aromatic carbocycles. The van der Waals surface area contributed by atoms with E-state index in [0.29, 0.717) is 25.7 Å². The first-order chi connectivity index (χ1) is 40.2. The lowest BCUT2D eigenvalue weighted by molar-refractivity contribution is -0.161. The van der Waals surface area contributed by atoms with Gasteiger partial charge in [-0.05, 0) is 122 Å². The van der Waals surface area contributed by atoms with Gasteiger partial charge in [0.05, 0.1) is 19.8 Å². The van der Waals surface area contributed by atoms with Crippen molar-refractivity contribution >= 4 is 25.7 Å². The van der Waals surface area contributed by atoms with Crippen molar-refractivity contribution in [2.24, 2.45) is 0 Å². The molecule has 0 saturated heterocycles. The largest absolute Gasteiger partial charge is 0.472 e. The molecule has 0 fully saturated rings. The first-order valence-corrected chi connectivity index (χ1v) is 34.3. The Hall–Kier alpha value is -3.86. The predicted octanol–water partition coefficient (Wildman–Crippen LogP) is 20.1. The van der Waals surface area contributed by atoms with Crippen LogP contribution in [0.3, 0.4) is 0 Å². The van der Waals surface area contributed by atoms with E-state index in [9.17, 15) is 28.9 Å². The van der Waals surface area contributed by atoms with Crippen LogP contribution in [0.1, 0.15) is 278 Å². The van der Waals surface area contributed by atoms with E-state index in [1.807, 2.05) is 6.08 Å². The van der Waals surface area contributed by atoms with Crippen molar-refractivity contribution in [1.29, 1.82) is 0 Å². The molecule has 2 N–H and O–H groups in total. The van der Waals surface area contributed by atoms with E-state index in [2.05, 4.69) is 124 Å². The maximum absolute atomic E-state index is 13.0. The fourth-order valence-electron chi connectivity index (χ4n) is 8.69. The van der Waals surface area contributed by atoms with Crippen LogP contribution in [0, 0.1) is 0 Å². The van der Waals surface area contributed by atoms with E-state index in [0.717, 1.165) is 96.3 Å². The van der Waals surface area contributed by atoms with Gasteiger partial charge in [-0.25, -0.2) is 4.57 Å². The van der Waals surface area contributed by atoms with Crippen LogP contribution in [-0.2, 0) is 42.2 Å². The smallest absolute Gasteiger partial charge is 0.462 e. The van der Waals surface area contributed by atoms with Crippen LogP contribution in [0.2, 0.25) is 0 Å². The fraction of sp³-hybridized carbons (Fsp3) is 0.700. The monoisotopic (exact) mass is 1170 g/mol. The number of esters is 3. The van der Waals surface area contributed by atoms with Crippen LogP contribution >= 0.6 is 7.82 Å². The van der Waals surface area contributed by atoms with Crippen molar-refractivity contribution < 1.29 is 52.2 Å². The van der Waals surface area contributed by atoms with E-state index in [-0.39, 0.29) is 25.9 Å². The first kappa shape index (κ1) is 78.1. The Morgan fingerprint density at radius 1 is 0.354 bits per heavy atom. The number of ether oxygens (including phenoxy) is 3. The highest BCUT2D eigenvalue weighted by Crippen LogP contribution is 2.43. The summed E-state index contributed by atoms with van der Waals surface area (Å²) in [6.07, 6.45) is 77.5. The number of carbonyl (C=O) groups is 3. The molecule has 0 aliphatic rings. The van der Waals surface area contributed by atoms with E-state index in [1.165, 1.54) is 116 Å². The Bertz CT molecular complexity index is 1790. The summed E-state index contributed by atoms with van der Waals surface area (Å²) in [6.45, 7) is 4.44. The molecule has 82 heavy (non-hydrogen) atoms. The molecule has 0 heterocycles. The molecule has 12 heteroatoms. The molecule has 3 unspecified atom stereocenters. The third-order valence-corrected chi connectivity index (χ3v) is 14.6. The van der Waals surface area contributed by atoms with Crippen molar-refractivity contribution in [2.45, 2.75) is 290 Å². The van der Waals surface area contributed by atoms with Crippen molar-refractivity contribution in [2.75, 3.05) is 26.4 Å². The zero-order valence-electron chi connectivity index (χ0n) is 52.2. The molecule has 11 nitrogen and oxygen atoms in total. The SMILES string of the molecule is CC/C=C\C/C=C\C/C=C\C/C=C\C/C=C\CCCC(=O)OCC(COP(=O)(O)OCC(CO)OC(=O)CCCCCCCCCCC/C=C\C/C=C\CCCCC)OC(=O)CCCCCCCCCCC/C=C\C/C=C\CCCCC. The summed E-state index contributed by atoms with van der Waals surface area (Å²) in [5.74, 6) is -1.54. The normalized spacial score (nSPS) is 14.0. The third kappa shape index (κ3) is 60.7. The molecule has 3 atom stereocenters. The number of hydrogen-bond donors (Lipinski definition) is 2. The summed E-state index contributed by atoms with van der Waals surface area (Å²) in [4.78, 5) is 48.8. The summed E-state index contributed by atoms with van der Waals surface area (Å²) in [6, 6.07) is 0. The highest BCUT2D eigenvalue weighted by Gasteiger charge is 2.28. The molecule has 0 bridgehead atoms. The summed E-state index contributed by atoms with van der Waals surface area (Å²) in [5.41, 5.74) is 0. The van der Waals surface area contributed by atoms with Crippen molar-refractivity contribution in [3.05, 3.63) is 109 Å². The molecule has 0 aliphatic heterocycles. The summed E-state index contributed by atoms with van der Waals surface area (Å²) in [7, 11) is -4.78. The summed E-state index contributed by atoms with van der Waals surface area (Å²) in [5, 5.41) is 9.87. The van der Waals surface area contributed by atoms with Gasteiger partial charge >= 0.3 is 25.7 Å². The maximum Gasteiger partial charge on any atom is 0.472 e. The molecule has 0 aromatic rings. The standard InChI is InChI=1S/C70H119O11P/c1-4-7-10-13-16-19-22-25-28-31-33-36-39-42-45-48-51-54-57-60-69(73)80-66(62-71)64-78-82(75,76)79-65-67(63-77-68(72)59-56-53-50-47-44-41-38-35-30-27-24-21-18-15-12-9-6-3)81-70(74)61-58-55-52-49-46-43-40-37-34-32-29-26-23-20-17-14-11-8-5-2/h9,12,16-21,25-30,38,41,47,50,66-67,71H,4-8,10-11,13-15,22-24,31-37,39-40,42-46,48-49,51-65H2,1-3H3,(H,75,76)/b12-9-,19-16-,20-17-,21-18-,28-25-,29-26-,30-27-,41-38-,50-47-. The van der Waals surface area contributed by atoms with Crippen LogP contribution in [0.25, 0.3) is 0 Å². The number of phosphoric acid groups is 1. The van der Waals surface area contributed by atoms with Crippen LogP contribution in [0.15, 0.2) is 109 Å². The number of aliphatic hydroxyl groups excluding tert-OH is 1. The molecule has 0 saturated carbocycles. The Balaban J connectivity index is 4.76. The number of carbonyl (C=O) groups excluding carboxylic acids is 3. The molecule has 470 valence electrons. The second kappa shape index (κ2) is 63.2. The van der Waals surface area contributed by atoms with Gasteiger partial charge in [-0.3, -0.25) is 23.4 Å². The Kier molecular flexibility index (Phi) is 60.2. The minimum Gasteiger partial charge on any atom is -0.462 e. The Morgan fingerprint density at radius 2 is 0.646 bits per heavy atom. The van der Waals surface area contributed by atoms with E-state index in [1.54, 1.807) is 0 Å². The first-order valence-electron chi connectivity index (χ1n) is 32.8. The quantitative estimate of drug-likeness (QED) is 0.0197. The fourth-order valence-corrected chi connectivity index (χ4v) is 9.47. The highest BCUT2D eigenvalue weighted by atomic mass is 31.2. The van der Waals surface area contributed by atoms with Crippen molar-refractivity contribution in [3.63, 3.8) is 0 Å². The molecule has 0 rings (SSSR count). The number of phosphoric ester groups is 1. The van der Waals surface area contributed by atoms with Crippen LogP contribution in [-0.4, -0.2) is 66.5 Å². The zero-order chi connectivity index (χ0) is 59.8. The summed E-state index contributed by atoms with van der Waals surface area (Å²) < 4.78 is 39.7. The van der Waals surface area contributed by atoms with Gasteiger partial charge in [0.2, 0.25) is 0 Å². The molecule has 0 radical (unpaired) electrons. The molecular formula is C70H119O11P. The van der Waals surface area contributed by atoms with Gasteiger partial charge < -0.3 is 24.2 Å². The van der Waals surface area contributed by atoms with Crippen molar-refractivity contribution in [1.82, 2.24) is 0 Å². The lowest BCUT2D eigenvalue weighted by Gasteiger charge is -2.21. The van der Waals surface area contributed by atoms with Crippen LogP contribution in [0.5, 0.6) is 0 Å². The lowest BCUT2D eigenvalue weighted by atomic mass is 10.1. The number of aliphatic hydroxyl groups is 1.